The van der Waals surface area contributed by atoms with Gasteiger partial charge in [-0.3, -0.25) is 29.1 Å². The summed E-state index contributed by atoms with van der Waals surface area (Å²) in [6, 6.07) is 5.59. The van der Waals surface area contributed by atoms with Crippen molar-refractivity contribution in [1.82, 2.24) is 9.88 Å². The molecule has 0 bridgehead atoms. The smallest absolute Gasteiger partial charge is 0.262 e. The van der Waals surface area contributed by atoms with Crippen LogP contribution >= 0.6 is 0 Å². The van der Waals surface area contributed by atoms with E-state index in [4.69, 9.17) is 11.5 Å². The van der Waals surface area contributed by atoms with Crippen molar-refractivity contribution >= 4 is 23.5 Å². The number of nitrogen functional groups attached to an aromatic ring is 1. The number of hydrogen-bond acceptors (Lipinski definition) is 5. The molecular formula is C15H12N4O4. The molecule has 8 nitrogen and oxygen atoms in total. The van der Waals surface area contributed by atoms with Gasteiger partial charge in [0.15, 0.2) is 0 Å². The van der Waals surface area contributed by atoms with E-state index in [1.54, 1.807) is 13.0 Å². The van der Waals surface area contributed by atoms with Gasteiger partial charge in [-0.05, 0) is 24.6 Å². The van der Waals surface area contributed by atoms with Crippen LogP contribution in [0.15, 0.2) is 29.1 Å². The summed E-state index contributed by atoms with van der Waals surface area (Å²) in [6.45, 7) is 1.71. The van der Waals surface area contributed by atoms with Crippen LogP contribution in [0, 0.1) is 6.92 Å². The second-order valence-electron chi connectivity index (χ2n) is 5.14. The third kappa shape index (κ3) is 2.08. The van der Waals surface area contributed by atoms with Crippen LogP contribution in [-0.2, 0) is 0 Å². The van der Waals surface area contributed by atoms with E-state index in [1.807, 2.05) is 0 Å². The molecule has 0 aliphatic carbocycles. The number of nitrogens with zero attached hydrogens (tertiary/aromatic N) is 1. The Labute approximate surface area is 129 Å². The maximum absolute atomic E-state index is 12.4. The normalized spacial score (nSPS) is 12.9. The molecule has 1 aliphatic heterocycles. The first-order chi connectivity index (χ1) is 10.8. The highest BCUT2D eigenvalue weighted by Gasteiger charge is 2.32. The lowest BCUT2D eigenvalue weighted by atomic mass is 10.1. The summed E-state index contributed by atoms with van der Waals surface area (Å²) >= 11 is 0. The predicted molar refractivity (Wildman–Crippen MR) is 81.5 cm³/mol. The van der Waals surface area contributed by atoms with E-state index in [2.05, 4.69) is 5.32 Å². The molecule has 0 unspecified atom stereocenters. The van der Waals surface area contributed by atoms with E-state index in [9.17, 15) is 19.2 Å². The van der Waals surface area contributed by atoms with Gasteiger partial charge in [-0.25, -0.2) is 0 Å². The first-order valence-electron chi connectivity index (χ1n) is 6.63. The zero-order chi connectivity index (χ0) is 16.9. The van der Waals surface area contributed by atoms with Crippen molar-refractivity contribution in [2.45, 2.75) is 6.92 Å². The van der Waals surface area contributed by atoms with Crippen LogP contribution < -0.4 is 22.3 Å². The molecule has 1 aliphatic rings. The van der Waals surface area contributed by atoms with E-state index >= 15 is 0 Å². The van der Waals surface area contributed by atoms with Gasteiger partial charge < -0.3 is 11.5 Å². The number of imide groups is 1. The fraction of sp³-hybridized carbons (Fsp3) is 0.0667. The van der Waals surface area contributed by atoms with Gasteiger partial charge in [0, 0.05) is 11.6 Å². The van der Waals surface area contributed by atoms with Crippen molar-refractivity contribution in [2.75, 3.05) is 5.73 Å². The molecule has 2 heterocycles. The Bertz CT molecular complexity index is 959. The molecule has 0 spiro atoms. The van der Waals surface area contributed by atoms with E-state index in [0.717, 1.165) is 10.6 Å². The molecule has 0 saturated carbocycles. The Morgan fingerprint density at radius 3 is 2.48 bits per heavy atom. The largest absolute Gasteiger partial charge is 0.384 e. The molecule has 1 aromatic heterocycles. The van der Waals surface area contributed by atoms with Crippen molar-refractivity contribution in [1.29, 1.82) is 0 Å². The molecule has 2 aromatic rings. The van der Waals surface area contributed by atoms with Crippen molar-refractivity contribution in [3.8, 4) is 5.69 Å². The van der Waals surface area contributed by atoms with Crippen LogP contribution in [0.5, 0.6) is 0 Å². The summed E-state index contributed by atoms with van der Waals surface area (Å²) in [5.74, 6) is -2.16. The molecular weight excluding hydrogens is 300 g/mol. The zero-order valence-corrected chi connectivity index (χ0v) is 12.0. The highest BCUT2D eigenvalue weighted by Crippen LogP contribution is 2.24. The maximum atomic E-state index is 12.4. The lowest BCUT2D eigenvalue weighted by Crippen LogP contribution is -2.25. The summed E-state index contributed by atoms with van der Waals surface area (Å²) in [7, 11) is 0. The van der Waals surface area contributed by atoms with Crippen molar-refractivity contribution in [3.05, 3.63) is 56.9 Å². The quantitative estimate of drug-likeness (QED) is 0.654. The molecule has 23 heavy (non-hydrogen) atoms. The van der Waals surface area contributed by atoms with Crippen molar-refractivity contribution in [2.24, 2.45) is 5.73 Å². The Balaban J connectivity index is 2.35. The first-order valence-corrected chi connectivity index (χ1v) is 6.63. The van der Waals surface area contributed by atoms with Gasteiger partial charge in [-0.1, -0.05) is 6.07 Å². The SMILES string of the molecule is Cc1ccc(C(N)=O)cc1-n1c(N)c2c(cc1=O)C(=O)NC2=O. The van der Waals surface area contributed by atoms with Crippen molar-refractivity contribution in [3.63, 3.8) is 0 Å². The van der Waals surface area contributed by atoms with Crippen LogP contribution in [0.4, 0.5) is 5.82 Å². The van der Waals surface area contributed by atoms with Crippen LogP contribution in [0.3, 0.4) is 0 Å². The Hall–Kier alpha value is -3.42. The van der Waals surface area contributed by atoms with E-state index in [0.29, 0.717) is 11.3 Å². The van der Waals surface area contributed by atoms with Crippen LogP contribution in [-0.4, -0.2) is 22.3 Å². The lowest BCUT2D eigenvalue weighted by molar-refractivity contribution is 0.0878. The summed E-state index contributed by atoms with van der Waals surface area (Å²) in [6.07, 6.45) is 0. The number of nitrogens with one attached hydrogen (secondary N) is 1. The van der Waals surface area contributed by atoms with Gasteiger partial charge >= 0.3 is 0 Å². The van der Waals surface area contributed by atoms with E-state index in [-0.39, 0.29) is 22.5 Å². The van der Waals surface area contributed by atoms with Crippen molar-refractivity contribution < 1.29 is 14.4 Å². The van der Waals surface area contributed by atoms with Gasteiger partial charge in [-0.2, -0.15) is 0 Å². The number of pyridine rings is 1. The topological polar surface area (TPSA) is 137 Å². The highest BCUT2D eigenvalue weighted by atomic mass is 16.2. The molecule has 0 radical (unpaired) electrons. The third-order valence-electron chi connectivity index (χ3n) is 3.69. The van der Waals surface area contributed by atoms with E-state index in [1.165, 1.54) is 12.1 Å². The second-order valence-corrected chi connectivity index (χ2v) is 5.14. The Morgan fingerprint density at radius 1 is 1.13 bits per heavy atom. The van der Waals surface area contributed by atoms with Crippen LogP contribution in [0.2, 0.25) is 0 Å². The number of carbonyl (C=O) groups is 3. The molecule has 5 N–H and O–H groups in total. The lowest BCUT2D eigenvalue weighted by Gasteiger charge is -2.14. The summed E-state index contributed by atoms with van der Waals surface area (Å²) in [5, 5.41) is 2.09. The number of rotatable bonds is 2. The number of anilines is 1. The minimum absolute atomic E-state index is 0.0570. The molecule has 1 aromatic carbocycles. The zero-order valence-electron chi connectivity index (χ0n) is 12.0. The number of nitrogens with two attached hydrogens (primary N) is 2. The number of aromatic nitrogens is 1. The molecule has 0 fully saturated rings. The summed E-state index contributed by atoms with van der Waals surface area (Å²) in [5.41, 5.74) is 11.7. The number of carbonyl (C=O) groups excluding carboxylic acids is 3. The number of amides is 3. The monoisotopic (exact) mass is 312 g/mol. The summed E-state index contributed by atoms with van der Waals surface area (Å²) in [4.78, 5) is 47.2. The molecule has 0 atom stereocenters. The Kier molecular flexibility index (Phi) is 3.03. The standard InChI is InChI=1S/C15H12N4O4/c1-6-2-3-7(13(17)21)4-9(6)19-10(20)5-8-11(12(19)16)15(23)18-14(8)22/h2-5H,16H2,1H3,(H2,17,21)(H,18,22,23). The van der Waals surface area contributed by atoms with Gasteiger partial charge in [0.1, 0.15) is 5.82 Å². The fourth-order valence-corrected chi connectivity index (χ4v) is 2.53. The molecule has 3 rings (SSSR count). The average molecular weight is 312 g/mol. The minimum atomic E-state index is -0.667. The minimum Gasteiger partial charge on any atom is -0.384 e. The molecule has 0 saturated heterocycles. The first kappa shape index (κ1) is 14.5. The number of aryl methyl sites for hydroxylation is 1. The molecule has 3 amide bonds. The average Bonchev–Trinajstić information content (AvgIpc) is 2.75. The van der Waals surface area contributed by atoms with Crippen LogP contribution in [0.1, 0.15) is 36.6 Å². The molecule has 116 valence electrons. The number of fused-ring (bicyclic) bond motifs is 1. The van der Waals surface area contributed by atoms with Gasteiger partial charge in [0.25, 0.3) is 17.4 Å². The fourth-order valence-electron chi connectivity index (χ4n) is 2.53. The van der Waals surface area contributed by atoms with E-state index < -0.39 is 23.3 Å². The number of primary amides is 1. The number of hydrogen-bond donors (Lipinski definition) is 3. The summed E-state index contributed by atoms with van der Waals surface area (Å²) < 4.78 is 1.08. The van der Waals surface area contributed by atoms with Gasteiger partial charge in [0.05, 0.1) is 16.8 Å². The van der Waals surface area contributed by atoms with Gasteiger partial charge in [-0.15, -0.1) is 0 Å². The van der Waals surface area contributed by atoms with Gasteiger partial charge in [0.2, 0.25) is 5.91 Å². The maximum Gasteiger partial charge on any atom is 0.262 e. The second kappa shape index (κ2) is 4.80. The van der Waals surface area contributed by atoms with Crippen LogP contribution in [0.25, 0.3) is 5.69 Å². The molecule has 8 heteroatoms. The highest BCUT2D eigenvalue weighted by molar-refractivity contribution is 6.23. The third-order valence-corrected chi connectivity index (χ3v) is 3.69. The Morgan fingerprint density at radius 2 is 1.83 bits per heavy atom. The number of benzene rings is 1. The predicted octanol–water partition coefficient (Wildman–Crippen LogP) is -0.289.